The molecular weight excluding hydrogens is 290 g/mol. The fourth-order valence-electron chi connectivity index (χ4n) is 1.34. The summed E-state index contributed by atoms with van der Waals surface area (Å²) in [4.78, 5) is 13.3. The fourth-order valence-corrected chi connectivity index (χ4v) is 1.85. The molecule has 0 amide bonds. The van der Waals surface area contributed by atoms with Crippen molar-refractivity contribution in [3.63, 3.8) is 0 Å². The molecule has 0 radical (unpaired) electrons. The van der Waals surface area contributed by atoms with Crippen LogP contribution < -0.4 is 0 Å². The van der Waals surface area contributed by atoms with Gasteiger partial charge in [-0.1, -0.05) is 0 Å². The SMILES string of the molecule is COC(=O)C(O)c1c(Br)cnn1CCN(C)C. The Bertz CT molecular complexity index is 392. The summed E-state index contributed by atoms with van der Waals surface area (Å²) in [5.41, 5.74) is 0.415. The van der Waals surface area contributed by atoms with E-state index in [9.17, 15) is 9.90 Å². The molecule has 17 heavy (non-hydrogen) atoms. The minimum Gasteiger partial charge on any atom is -0.467 e. The molecule has 96 valence electrons. The zero-order chi connectivity index (χ0) is 13.0. The van der Waals surface area contributed by atoms with E-state index in [1.165, 1.54) is 7.11 Å². The number of aliphatic hydroxyl groups excluding tert-OH is 1. The van der Waals surface area contributed by atoms with Crippen LogP contribution in [0.1, 0.15) is 11.8 Å². The van der Waals surface area contributed by atoms with Gasteiger partial charge in [0.1, 0.15) is 0 Å². The van der Waals surface area contributed by atoms with E-state index in [0.29, 0.717) is 16.7 Å². The summed E-state index contributed by atoms with van der Waals surface area (Å²) in [6.45, 7) is 1.34. The highest BCUT2D eigenvalue weighted by atomic mass is 79.9. The number of hydrogen-bond acceptors (Lipinski definition) is 5. The van der Waals surface area contributed by atoms with Crippen molar-refractivity contribution in [3.05, 3.63) is 16.4 Å². The Kier molecular flexibility index (Phi) is 5.10. The highest BCUT2D eigenvalue weighted by Crippen LogP contribution is 2.24. The Hall–Kier alpha value is -0.920. The molecule has 1 aromatic rings. The number of esters is 1. The molecule has 0 aromatic carbocycles. The Labute approximate surface area is 108 Å². The van der Waals surface area contributed by atoms with Gasteiger partial charge in [0.15, 0.2) is 6.10 Å². The number of likely N-dealkylation sites (N-methyl/N-ethyl adjacent to an activating group) is 1. The van der Waals surface area contributed by atoms with Gasteiger partial charge in [-0.2, -0.15) is 5.10 Å². The topological polar surface area (TPSA) is 67.6 Å². The maximum atomic E-state index is 11.3. The smallest absolute Gasteiger partial charge is 0.341 e. The van der Waals surface area contributed by atoms with E-state index in [1.54, 1.807) is 10.9 Å². The number of carbonyl (C=O) groups excluding carboxylic acids is 1. The van der Waals surface area contributed by atoms with Gasteiger partial charge in [0.25, 0.3) is 0 Å². The molecule has 1 heterocycles. The van der Waals surface area contributed by atoms with Gasteiger partial charge in [-0.3, -0.25) is 4.68 Å². The molecule has 0 spiro atoms. The number of methoxy groups -OCH3 is 1. The molecule has 6 nitrogen and oxygen atoms in total. The summed E-state index contributed by atoms with van der Waals surface area (Å²) >= 11 is 3.26. The molecule has 7 heteroatoms. The molecule has 1 aromatic heterocycles. The second-order valence-corrected chi connectivity index (χ2v) is 4.68. The van der Waals surface area contributed by atoms with Crippen molar-refractivity contribution >= 4 is 21.9 Å². The highest BCUT2D eigenvalue weighted by molar-refractivity contribution is 9.10. The second-order valence-electron chi connectivity index (χ2n) is 3.83. The number of aromatic nitrogens is 2. The number of ether oxygens (including phenoxy) is 1. The van der Waals surface area contributed by atoms with E-state index >= 15 is 0 Å². The van der Waals surface area contributed by atoms with Crippen molar-refractivity contribution < 1.29 is 14.6 Å². The van der Waals surface area contributed by atoms with Gasteiger partial charge < -0.3 is 14.7 Å². The predicted molar refractivity (Wildman–Crippen MR) is 65.5 cm³/mol. The van der Waals surface area contributed by atoms with Crippen molar-refractivity contribution in [3.8, 4) is 0 Å². The van der Waals surface area contributed by atoms with E-state index in [2.05, 4.69) is 25.8 Å². The average Bonchev–Trinajstić information content (AvgIpc) is 2.65. The molecule has 0 aliphatic rings. The van der Waals surface area contributed by atoms with Gasteiger partial charge in [-0.05, 0) is 30.0 Å². The molecule has 1 unspecified atom stereocenters. The normalized spacial score (nSPS) is 12.8. The largest absolute Gasteiger partial charge is 0.467 e. The number of rotatable bonds is 5. The van der Waals surface area contributed by atoms with Gasteiger partial charge in [0.2, 0.25) is 0 Å². The molecule has 0 bridgehead atoms. The lowest BCUT2D eigenvalue weighted by molar-refractivity contribution is -0.151. The average molecular weight is 306 g/mol. The summed E-state index contributed by atoms with van der Waals surface area (Å²) in [5, 5.41) is 13.9. The molecule has 0 fully saturated rings. The van der Waals surface area contributed by atoms with Gasteiger partial charge in [0, 0.05) is 6.54 Å². The quantitative estimate of drug-likeness (QED) is 0.798. The molecule has 0 aliphatic heterocycles. The van der Waals surface area contributed by atoms with Crippen LogP contribution in [0.3, 0.4) is 0 Å². The van der Waals surface area contributed by atoms with Gasteiger partial charge >= 0.3 is 5.97 Å². The third-order valence-electron chi connectivity index (χ3n) is 2.28. The van der Waals surface area contributed by atoms with E-state index in [1.807, 2.05) is 19.0 Å². The number of nitrogens with zero attached hydrogens (tertiary/aromatic N) is 3. The van der Waals surface area contributed by atoms with Crippen molar-refractivity contribution in [1.82, 2.24) is 14.7 Å². The third-order valence-corrected chi connectivity index (χ3v) is 2.89. The van der Waals surface area contributed by atoms with Crippen LogP contribution >= 0.6 is 15.9 Å². The van der Waals surface area contributed by atoms with Crippen LogP contribution in [0.25, 0.3) is 0 Å². The molecule has 0 saturated carbocycles. The molecule has 0 aliphatic carbocycles. The first kappa shape index (κ1) is 14.1. The Morgan fingerprint density at radius 2 is 2.35 bits per heavy atom. The molecule has 0 saturated heterocycles. The minimum absolute atomic E-state index is 0.415. The van der Waals surface area contributed by atoms with E-state index in [-0.39, 0.29) is 0 Å². The van der Waals surface area contributed by atoms with Crippen molar-refractivity contribution in [2.45, 2.75) is 12.6 Å². The van der Waals surface area contributed by atoms with Crippen molar-refractivity contribution in [2.75, 3.05) is 27.7 Å². The Morgan fingerprint density at radius 3 is 2.88 bits per heavy atom. The maximum Gasteiger partial charge on any atom is 0.341 e. The summed E-state index contributed by atoms with van der Waals surface area (Å²) in [6, 6.07) is 0. The number of halogens is 1. The molecule has 1 rings (SSSR count). The lowest BCUT2D eigenvalue weighted by Gasteiger charge is -2.14. The van der Waals surface area contributed by atoms with Gasteiger partial charge in [-0.15, -0.1) is 0 Å². The summed E-state index contributed by atoms with van der Waals surface area (Å²) < 4.78 is 6.69. The van der Waals surface area contributed by atoms with Crippen LogP contribution in [0.5, 0.6) is 0 Å². The standard InChI is InChI=1S/C10H16BrN3O3/c1-13(2)4-5-14-8(7(11)6-12-14)9(15)10(16)17-3/h6,9,15H,4-5H2,1-3H3. The Morgan fingerprint density at radius 1 is 1.71 bits per heavy atom. The Balaban J connectivity index is 2.89. The lowest BCUT2D eigenvalue weighted by Crippen LogP contribution is -2.23. The maximum absolute atomic E-state index is 11.3. The zero-order valence-corrected chi connectivity index (χ0v) is 11.6. The highest BCUT2D eigenvalue weighted by Gasteiger charge is 2.25. The lowest BCUT2D eigenvalue weighted by atomic mass is 10.2. The second kappa shape index (κ2) is 6.13. The zero-order valence-electron chi connectivity index (χ0n) is 10.1. The predicted octanol–water partition coefficient (Wildman–Crippen LogP) is 0.414. The van der Waals surface area contributed by atoms with Crippen LogP contribution in [0.15, 0.2) is 10.7 Å². The van der Waals surface area contributed by atoms with Crippen molar-refractivity contribution in [2.24, 2.45) is 0 Å². The van der Waals surface area contributed by atoms with E-state index in [0.717, 1.165) is 6.54 Å². The third kappa shape index (κ3) is 3.52. The molecule has 1 atom stereocenters. The van der Waals surface area contributed by atoms with Crippen molar-refractivity contribution in [1.29, 1.82) is 0 Å². The summed E-state index contributed by atoms with van der Waals surface area (Å²) in [5.74, 6) is -0.697. The van der Waals surface area contributed by atoms with E-state index < -0.39 is 12.1 Å². The number of carbonyl (C=O) groups is 1. The summed E-state index contributed by atoms with van der Waals surface area (Å²) in [6.07, 6.45) is 0.232. The minimum atomic E-state index is -1.32. The van der Waals surface area contributed by atoms with Gasteiger partial charge in [0.05, 0.1) is 30.0 Å². The first-order valence-corrected chi connectivity index (χ1v) is 5.88. The molecular formula is C10H16BrN3O3. The van der Waals surface area contributed by atoms with Crippen LogP contribution in [-0.4, -0.2) is 53.5 Å². The van der Waals surface area contributed by atoms with E-state index in [4.69, 9.17) is 0 Å². The number of hydrogen-bond donors (Lipinski definition) is 1. The van der Waals surface area contributed by atoms with Crippen LogP contribution in [0, 0.1) is 0 Å². The summed E-state index contributed by atoms with van der Waals surface area (Å²) in [7, 11) is 5.11. The van der Waals surface area contributed by atoms with Crippen LogP contribution in [0.4, 0.5) is 0 Å². The monoisotopic (exact) mass is 305 g/mol. The first-order valence-electron chi connectivity index (χ1n) is 5.09. The van der Waals surface area contributed by atoms with Crippen LogP contribution in [0.2, 0.25) is 0 Å². The number of aliphatic hydroxyl groups is 1. The first-order chi connectivity index (χ1) is 7.97. The van der Waals surface area contributed by atoms with Crippen LogP contribution in [-0.2, 0) is 16.1 Å². The molecule has 1 N–H and O–H groups in total. The van der Waals surface area contributed by atoms with Gasteiger partial charge in [-0.25, -0.2) is 4.79 Å². The fraction of sp³-hybridized carbons (Fsp3) is 0.600.